The molecule has 0 atom stereocenters. The summed E-state index contributed by atoms with van der Waals surface area (Å²) in [6.07, 6.45) is 0. The van der Waals surface area contributed by atoms with E-state index in [1.165, 1.54) is 27.5 Å². The summed E-state index contributed by atoms with van der Waals surface area (Å²) in [6.45, 7) is 0. The van der Waals surface area contributed by atoms with Crippen molar-refractivity contribution in [2.24, 2.45) is 0 Å². The van der Waals surface area contributed by atoms with Crippen LogP contribution in [0, 0.1) is 0 Å². The van der Waals surface area contributed by atoms with Crippen LogP contribution >= 0.6 is 34.5 Å². The Hall–Kier alpha value is -2.85. The van der Waals surface area contributed by atoms with Gasteiger partial charge in [-0.1, -0.05) is 77.8 Å². The van der Waals surface area contributed by atoms with Crippen molar-refractivity contribution in [3.05, 3.63) is 87.7 Å². The highest BCUT2D eigenvalue weighted by molar-refractivity contribution is 7.21. The van der Waals surface area contributed by atoms with Gasteiger partial charge in [-0.3, -0.25) is 4.79 Å². The molecule has 0 unspecified atom stereocenters. The molecule has 1 N–H and O–H groups in total. The Morgan fingerprint density at radius 2 is 1.43 bits per heavy atom. The summed E-state index contributed by atoms with van der Waals surface area (Å²) in [5, 5.41) is 12.0. The van der Waals surface area contributed by atoms with Crippen molar-refractivity contribution in [1.29, 1.82) is 0 Å². The van der Waals surface area contributed by atoms with Gasteiger partial charge in [-0.15, -0.1) is 11.3 Å². The van der Waals surface area contributed by atoms with E-state index in [2.05, 4.69) is 53.8 Å². The lowest BCUT2D eigenvalue weighted by Gasteiger charge is -2.14. The average Bonchev–Trinajstić information content (AvgIpc) is 3.08. The van der Waals surface area contributed by atoms with Gasteiger partial charge >= 0.3 is 0 Å². The van der Waals surface area contributed by atoms with Gasteiger partial charge < -0.3 is 5.32 Å². The highest BCUT2D eigenvalue weighted by atomic mass is 35.5. The summed E-state index contributed by atoms with van der Waals surface area (Å²) < 4.78 is 0.896. The topological polar surface area (TPSA) is 29.1 Å². The standard InChI is InChI=1S/C25H13Cl2NOS/c26-16-8-10-18-20(12-16)30-24(23(18)27)25(29)28-19-11-7-15-5-4-13-2-1-3-14-6-9-17(19)22(15)21(13)14/h1-12H,(H,28,29). The van der Waals surface area contributed by atoms with Gasteiger partial charge in [-0.05, 0) is 45.1 Å². The predicted molar refractivity (Wildman–Crippen MR) is 130 cm³/mol. The molecule has 1 aromatic heterocycles. The Morgan fingerprint density at radius 1 is 0.767 bits per heavy atom. The van der Waals surface area contributed by atoms with Crippen LogP contribution in [0.5, 0.6) is 0 Å². The number of hydrogen-bond acceptors (Lipinski definition) is 2. The number of hydrogen-bond donors (Lipinski definition) is 1. The van der Waals surface area contributed by atoms with Crippen LogP contribution in [0.1, 0.15) is 9.67 Å². The second-order valence-electron chi connectivity index (χ2n) is 7.31. The molecule has 30 heavy (non-hydrogen) atoms. The van der Waals surface area contributed by atoms with Crippen LogP contribution in [0.4, 0.5) is 5.69 Å². The zero-order chi connectivity index (χ0) is 20.4. The number of rotatable bonds is 2. The van der Waals surface area contributed by atoms with E-state index in [4.69, 9.17) is 23.2 Å². The number of amides is 1. The summed E-state index contributed by atoms with van der Waals surface area (Å²) in [7, 11) is 0. The van der Waals surface area contributed by atoms with Crippen LogP contribution in [0.25, 0.3) is 42.4 Å². The fourth-order valence-electron chi connectivity index (χ4n) is 4.21. The number of fused-ring (bicyclic) bond motifs is 1. The van der Waals surface area contributed by atoms with E-state index in [1.54, 1.807) is 6.07 Å². The zero-order valence-electron chi connectivity index (χ0n) is 15.5. The first-order valence-corrected chi connectivity index (χ1v) is 11.0. The lowest BCUT2D eigenvalue weighted by molar-refractivity contribution is 0.103. The van der Waals surface area contributed by atoms with Crippen molar-refractivity contribution < 1.29 is 4.79 Å². The third-order valence-electron chi connectivity index (χ3n) is 5.57. The Balaban J connectivity index is 1.50. The highest BCUT2D eigenvalue weighted by Gasteiger charge is 2.19. The fraction of sp³-hybridized carbons (Fsp3) is 0. The van der Waals surface area contributed by atoms with Crippen molar-refractivity contribution in [2.45, 2.75) is 0 Å². The number of carbonyl (C=O) groups is 1. The lowest BCUT2D eigenvalue weighted by Crippen LogP contribution is -2.11. The molecule has 144 valence electrons. The summed E-state index contributed by atoms with van der Waals surface area (Å²) in [6, 6.07) is 24.2. The second-order valence-corrected chi connectivity index (χ2v) is 9.18. The molecule has 0 fully saturated rings. The SMILES string of the molecule is O=C(Nc1ccc2ccc3cccc4ccc1c2c34)c1sc2cc(Cl)ccc2c1Cl. The number of anilines is 1. The van der Waals surface area contributed by atoms with Gasteiger partial charge in [-0.25, -0.2) is 0 Å². The van der Waals surface area contributed by atoms with Gasteiger partial charge in [-0.2, -0.15) is 0 Å². The number of nitrogens with one attached hydrogen (secondary N) is 1. The van der Waals surface area contributed by atoms with E-state index in [1.807, 2.05) is 18.2 Å². The second kappa shape index (κ2) is 6.58. The van der Waals surface area contributed by atoms with Crippen LogP contribution in [0.2, 0.25) is 10.0 Å². The Bertz CT molecular complexity index is 1600. The molecule has 0 aliphatic carbocycles. The molecule has 5 aromatic carbocycles. The quantitative estimate of drug-likeness (QED) is 0.266. The van der Waals surface area contributed by atoms with E-state index in [0.29, 0.717) is 14.9 Å². The first-order valence-electron chi connectivity index (χ1n) is 9.45. The molecule has 0 bridgehead atoms. The summed E-state index contributed by atoms with van der Waals surface area (Å²) in [4.78, 5) is 13.6. The normalized spacial score (nSPS) is 11.8. The van der Waals surface area contributed by atoms with Crippen LogP contribution in [0.3, 0.4) is 0 Å². The van der Waals surface area contributed by atoms with Crippen LogP contribution in [-0.2, 0) is 0 Å². The number of benzene rings is 5. The minimum Gasteiger partial charge on any atom is -0.321 e. The molecular formula is C25H13Cl2NOS. The molecule has 6 rings (SSSR count). The van der Waals surface area contributed by atoms with Gasteiger partial charge in [0.15, 0.2) is 0 Å². The number of carbonyl (C=O) groups excluding carboxylic acids is 1. The molecule has 0 aliphatic heterocycles. The van der Waals surface area contributed by atoms with Gasteiger partial charge in [0.25, 0.3) is 5.91 Å². The maximum Gasteiger partial charge on any atom is 0.267 e. The van der Waals surface area contributed by atoms with Gasteiger partial charge in [0.2, 0.25) is 0 Å². The third kappa shape index (κ3) is 2.60. The van der Waals surface area contributed by atoms with E-state index in [0.717, 1.165) is 31.9 Å². The molecular weight excluding hydrogens is 433 g/mol. The first-order chi connectivity index (χ1) is 14.6. The van der Waals surface area contributed by atoms with Gasteiger partial charge in [0.05, 0.1) is 5.02 Å². The van der Waals surface area contributed by atoms with Crippen molar-refractivity contribution in [2.75, 3.05) is 5.32 Å². The summed E-state index contributed by atoms with van der Waals surface area (Å²) in [5.74, 6) is -0.215. The molecule has 0 saturated heterocycles. The van der Waals surface area contributed by atoms with Crippen molar-refractivity contribution >= 4 is 88.5 Å². The Kier molecular flexibility index (Phi) is 3.94. The third-order valence-corrected chi connectivity index (χ3v) is 7.47. The fourth-order valence-corrected chi connectivity index (χ4v) is 5.90. The molecule has 1 heterocycles. The maximum absolute atomic E-state index is 13.1. The smallest absolute Gasteiger partial charge is 0.267 e. The number of halogens is 2. The molecule has 0 aliphatic rings. The van der Waals surface area contributed by atoms with E-state index in [-0.39, 0.29) is 5.91 Å². The molecule has 1 amide bonds. The van der Waals surface area contributed by atoms with Crippen LogP contribution in [0.15, 0.2) is 72.8 Å². The molecule has 6 aromatic rings. The van der Waals surface area contributed by atoms with E-state index in [9.17, 15) is 4.79 Å². The molecule has 0 spiro atoms. The zero-order valence-corrected chi connectivity index (χ0v) is 17.8. The van der Waals surface area contributed by atoms with Crippen LogP contribution < -0.4 is 5.32 Å². The largest absolute Gasteiger partial charge is 0.321 e. The van der Waals surface area contributed by atoms with E-state index >= 15 is 0 Å². The van der Waals surface area contributed by atoms with Gasteiger partial charge in [0, 0.05) is 26.2 Å². The molecule has 2 nitrogen and oxygen atoms in total. The van der Waals surface area contributed by atoms with Crippen molar-refractivity contribution in [3.8, 4) is 0 Å². The number of thiophene rings is 1. The lowest BCUT2D eigenvalue weighted by atomic mass is 9.93. The predicted octanol–water partition coefficient (Wildman–Crippen LogP) is 8.36. The summed E-state index contributed by atoms with van der Waals surface area (Å²) in [5.41, 5.74) is 0.775. The molecule has 0 saturated carbocycles. The van der Waals surface area contributed by atoms with Crippen LogP contribution in [-0.4, -0.2) is 5.91 Å². The minimum atomic E-state index is -0.215. The molecule has 5 heteroatoms. The first kappa shape index (κ1) is 18.0. The van der Waals surface area contributed by atoms with Gasteiger partial charge in [0.1, 0.15) is 4.88 Å². The average molecular weight is 446 g/mol. The summed E-state index contributed by atoms with van der Waals surface area (Å²) >= 11 is 14.0. The maximum atomic E-state index is 13.1. The minimum absolute atomic E-state index is 0.215. The van der Waals surface area contributed by atoms with Crippen molar-refractivity contribution in [3.63, 3.8) is 0 Å². The Morgan fingerprint density at radius 3 is 2.23 bits per heavy atom. The highest BCUT2D eigenvalue weighted by Crippen LogP contribution is 2.40. The van der Waals surface area contributed by atoms with E-state index < -0.39 is 0 Å². The Labute approximate surface area is 186 Å². The molecule has 0 radical (unpaired) electrons. The van der Waals surface area contributed by atoms with Crippen molar-refractivity contribution in [1.82, 2.24) is 0 Å². The monoisotopic (exact) mass is 445 g/mol.